The van der Waals surface area contributed by atoms with Gasteiger partial charge in [-0.3, -0.25) is 0 Å². The summed E-state index contributed by atoms with van der Waals surface area (Å²) in [5, 5.41) is 0.879. The van der Waals surface area contributed by atoms with E-state index in [0.29, 0.717) is 0 Å². The summed E-state index contributed by atoms with van der Waals surface area (Å²) in [5.41, 5.74) is 0. The summed E-state index contributed by atoms with van der Waals surface area (Å²) in [6, 6.07) is 0. The molecular formula is C9H14S. The quantitative estimate of drug-likeness (QED) is 0.551. The van der Waals surface area contributed by atoms with Gasteiger partial charge in [0.2, 0.25) is 0 Å². The summed E-state index contributed by atoms with van der Waals surface area (Å²) in [6.45, 7) is 0. The second-order valence-corrected chi connectivity index (χ2v) is 4.06. The molecular weight excluding hydrogens is 140 g/mol. The molecule has 0 unspecified atom stereocenters. The highest BCUT2D eigenvalue weighted by atomic mass is 32.2. The summed E-state index contributed by atoms with van der Waals surface area (Å²) in [7, 11) is 0. The Kier molecular flexibility index (Phi) is 3.75. The van der Waals surface area contributed by atoms with Crippen LogP contribution in [0.2, 0.25) is 0 Å². The molecule has 0 radical (unpaired) electrons. The van der Waals surface area contributed by atoms with Crippen molar-refractivity contribution in [3.05, 3.63) is 0 Å². The van der Waals surface area contributed by atoms with Gasteiger partial charge in [0.15, 0.2) is 0 Å². The van der Waals surface area contributed by atoms with E-state index in [1.54, 1.807) is 0 Å². The zero-order valence-corrected chi connectivity index (χ0v) is 7.12. The van der Waals surface area contributed by atoms with E-state index in [1.165, 1.54) is 32.1 Å². The van der Waals surface area contributed by atoms with Crippen LogP contribution in [0.25, 0.3) is 0 Å². The first-order valence-corrected chi connectivity index (χ1v) is 5.03. The van der Waals surface area contributed by atoms with Gasteiger partial charge < -0.3 is 0 Å². The Morgan fingerprint density at radius 1 is 1.30 bits per heavy atom. The molecule has 0 nitrogen and oxygen atoms in total. The summed E-state index contributed by atoms with van der Waals surface area (Å²) in [5.74, 6) is 3.59. The molecule has 0 bridgehead atoms. The Labute approximate surface area is 67.8 Å². The third kappa shape index (κ3) is 2.66. The van der Waals surface area contributed by atoms with Crippen molar-refractivity contribution in [1.82, 2.24) is 0 Å². The van der Waals surface area contributed by atoms with Crippen molar-refractivity contribution in [2.24, 2.45) is 0 Å². The van der Waals surface area contributed by atoms with E-state index in [1.807, 2.05) is 11.8 Å². The van der Waals surface area contributed by atoms with Crippen molar-refractivity contribution >= 4 is 11.8 Å². The largest absolute Gasteiger partial charge is 0.145 e. The summed E-state index contributed by atoms with van der Waals surface area (Å²) < 4.78 is 0. The summed E-state index contributed by atoms with van der Waals surface area (Å²) in [4.78, 5) is 0. The molecule has 0 amide bonds. The van der Waals surface area contributed by atoms with E-state index in [4.69, 9.17) is 6.42 Å². The van der Waals surface area contributed by atoms with Crippen LogP contribution in [0.4, 0.5) is 0 Å². The monoisotopic (exact) mass is 154 g/mol. The predicted octanol–water partition coefficient (Wildman–Crippen LogP) is 2.69. The Morgan fingerprint density at radius 2 is 2.00 bits per heavy atom. The maximum Gasteiger partial charge on any atom is 0.0547 e. The van der Waals surface area contributed by atoms with Crippen molar-refractivity contribution in [3.63, 3.8) is 0 Å². The van der Waals surface area contributed by atoms with Gasteiger partial charge in [-0.25, -0.2) is 0 Å². The van der Waals surface area contributed by atoms with Crippen LogP contribution in [0.1, 0.15) is 32.1 Å². The molecule has 0 saturated heterocycles. The van der Waals surface area contributed by atoms with Crippen LogP contribution in [0.5, 0.6) is 0 Å². The van der Waals surface area contributed by atoms with E-state index in [2.05, 4.69) is 5.92 Å². The fraction of sp³-hybridized carbons (Fsp3) is 0.778. The van der Waals surface area contributed by atoms with Crippen LogP contribution in [0.3, 0.4) is 0 Å². The van der Waals surface area contributed by atoms with Crippen molar-refractivity contribution in [2.45, 2.75) is 37.4 Å². The number of terminal acetylenes is 1. The van der Waals surface area contributed by atoms with Crippen LogP contribution >= 0.6 is 11.8 Å². The molecule has 1 heteroatoms. The summed E-state index contributed by atoms with van der Waals surface area (Å²) >= 11 is 1.96. The number of rotatable bonds is 2. The average Bonchev–Trinajstić information content (AvgIpc) is 2.03. The SMILES string of the molecule is C#CCSC1CCCCC1. The van der Waals surface area contributed by atoms with Crippen molar-refractivity contribution in [3.8, 4) is 12.3 Å². The second kappa shape index (κ2) is 4.68. The van der Waals surface area contributed by atoms with Crippen LogP contribution < -0.4 is 0 Å². The molecule has 1 fully saturated rings. The smallest absolute Gasteiger partial charge is 0.0547 e. The third-order valence-electron chi connectivity index (χ3n) is 1.95. The van der Waals surface area contributed by atoms with E-state index < -0.39 is 0 Å². The van der Waals surface area contributed by atoms with Crippen molar-refractivity contribution < 1.29 is 0 Å². The van der Waals surface area contributed by atoms with Gasteiger partial charge in [-0.2, -0.15) is 0 Å². The highest BCUT2D eigenvalue weighted by Gasteiger charge is 2.12. The normalized spacial score (nSPS) is 20.3. The zero-order chi connectivity index (χ0) is 7.23. The van der Waals surface area contributed by atoms with Gasteiger partial charge in [0.05, 0.1) is 5.75 Å². The average molecular weight is 154 g/mol. The lowest BCUT2D eigenvalue weighted by molar-refractivity contribution is 0.516. The maximum atomic E-state index is 5.17. The van der Waals surface area contributed by atoms with Gasteiger partial charge in [-0.1, -0.05) is 25.2 Å². The molecule has 1 rings (SSSR count). The standard InChI is InChI=1S/C9H14S/c1-2-8-10-9-6-4-3-5-7-9/h1,9H,3-8H2. The molecule has 0 aromatic carbocycles. The van der Waals surface area contributed by atoms with Crippen LogP contribution in [0.15, 0.2) is 0 Å². The highest BCUT2D eigenvalue weighted by Crippen LogP contribution is 2.27. The van der Waals surface area contributed by atoms with Gasteiger partial charge in [0.1, 0.15) is 0 Å². The second-order valence-electron chi connectivity index (χ2n) is 2.78. The van der Waals surface area contributed by atoms with E-state index in [-0.39, 0.29) is 0 Å². The van der Waals surface area contributed by atoms with E-state index in [0.717, 1.165) is 11.0 Å². The minimum Gasteiger partial charge on any atom is -0.145 e. The van der Waals surface area contributed by atoms with Gasteiger partial charge in [0.25, 0.3) is 0 Å². The Morgan fingerprint density at radius 3 is 2.60 bits per heavy atom. The van der Waals surface area contributed by atoms with Gasteiger partial charge in [-0.15, -0.1) is 18.2 Å². The van der Waals surface area contributed by atoms with Crippen LogP contribution in [0, 0.1) is 12.3 Å². The lowest BCUT2D eigenvalue weighted by atomic mass is 10.0. The molecule has 10 heavy (non-hydrogen) atoms. The lowest BCUT2D eigenvalue weighted by Crippen LogP contribution is -2.08. The first-order valence-electron chi connectivity index (χ1n) is 3.98. The minimum absolute atomic E-state index is 0.879. The minimum atomic E-state index is 0.879. The molecule has 0 aromatic rings. The molecule has 0 aromatic heterocycles. The molecule has 56 valence electrons. The molecule has 1 aliphatic rings. The maximum absolute atomic E-state index is 5.17. The lowest BCUT2D eigenvalue weighted by Gasteiger charge is -2.19. The fourth-order valence-corrected chi connectivity index (χ4v) is 2.40. The molecule has 1 aliphatic carbocycles. The van der Waals surface area contributed by atoms with Crippen molar-refractivity contribution in [1.29, 1.82) is 0 Å². The first kappa shape index (κ1) is 8.01. The van der Waals surface area contributed by atoms with Crippen molar-refractivity contribution in [2.75, 3.05) is 5.75 Å². The van der Waals surface area contributed by atoms with E-state index in [9.17, 15) is 0 Å². The van der Waals surface area contributed by atoms with Crippen LogP contribution in [-0.4, -0.2) is 11.0 Å². The third-order valence-corrected chi connectivity index (χ3v) is 3.23. The predicted molar refractivity (Wildman–Crippen MR) is 48.2 cm³/mol. The highest BCUT2D eigenvalue weighted by molar-refractivity contribution is 8.00. The molecule has 0 N–H and O–H groups in total. The Hall–Kier alpha value is -0.0900. The molecule has 0 aliphatic heterocycles. The molecule has 1 saturated carbocycles. The number of hydrogen-bond donors (Lipinski definition) is 0. The molecule has 0 spiro atoms. The van der Waals surface area contributed by atoms with Gasteiger partial charge >= 0.3 is 0 Å². The van der Waals surface area contributed by atoms with Crippen LogP contribution in [-0.2, 0) is 0 Å². The number of hydrogen-bond acceptors (Lipinski definition) is 1. The Bertz CT molecular complexity index is 117. The molecule has 0 atom stereocenters. The van der Waals surface area contributed by atoms with Gasteiger partial charge in [-0.05, 0) is 12.8 Å². The topological polar surface area (TPSA) is 0 Å². The fourth-order valence-electron chi connectivity index (χ4n) is 1.40. The number of thioether (sulfide) groups is 1. The Balaban J connectivity index is 2.09. The molecule has 0 heterocycles. The van der Waals surface area contributed by atoms with E-state index >= 15 is 0 Å². The zero-order valence-electron chi connectivity index (χ0n) is 6.31. The van der Waals surface area contributed by atoms with Gasteiger partial charge in [0, 0.05) is 5.25 Å². The summed E-state index contributed by atoms with van der Waals surface area (Å²) in [6.07, 6.45) is 12.2. The first-order chi connectivity index (χ1) is 4.93.